The Morgan fingerprint density at radius 3 is 2.38 bits per heavy atom. The van der Waals surface area contributed by atoms with Crippen LogP contribution < -0.4 is 0 Å². The Balaban J connectivity index is 1.91. The van der Waals surface area contributed by atoms with Crippen LogP contribution in [0.3, 0.4) is 0 Å². The number of ether oxygens (including phenoxy) is 1. The minimum atomic E-state index is -1.52. The van der Waals surface area contributed by atoms with Gasteiger partial charge in [-0.1, -0.05) is 6.92 Å². The zero-order valence-electron chi connectivity index (χ0n) is 11.3. The first kappa shape index (κ1) is 12.6. The Hall–Kier alpha value is 0.137. The Morgan fingerprint density at radius 2 is 1.81 bits per heavy atom. The molecule has 0 aromatic rings. The fourth-order valence-electron chi connectivity index (χ4n) is 3.17. The van der Waals surface area contributed by atoms with Gasteiger partial charge in [-0.05, 0) is 57.7 Å². The van der Waals surface area contributed by atoms with Crippen molar-refractivity contribution in [1.82, 2.24) is 0 Å². The highest BCUT2D eigenvalue weighted by molar-refractivity contribution is 6.72. The third kappa shape index (κ3) is 2.69. The van der Waals surface area contributed by atoms with E-state index in [1.807, 2.05) is 0 Å². The highest BCUT2D eigenvalue weighted by Crippen LogP contribution is 2.46. The van der Waals surface area contributed by atoms with Crippen LogP contribution in [-0.4, -0.2) is 26.6 Å². The molecule has 94 valence electrons. The van der Waals surface area contributed by atoms with Crippen molar-refractivity contribution in [2.45, 2.75) is 77.0 Å². The van der Waals surface area contributed by atoms with E-state index in [0.29, 0.717) is 18.3 Å². The van der Waals surface area contributed by atoms with Crippen LogP contribution in [0.25, 0.3) is 0 Å². The zero-order chi connectivity index (χ0) is 11.9. The summed E-state index contributed by atoms with van der Waals surface area (Å²) in [5.74, 6) is 0.837. The average molecular weight is 242 g/mol. The number of fused-ring (bicyclic) bond motifs is 1. The van der Waals surface area contributed by atoms with E-state index in [4.69, 9.17) is 9.16 Å². The molecule has 1 saturated carbocycles. The molecular formula is C13H26O2Si. The van der Waals surface area contributed by atoms with Gasteiger partial charge in [0, 0.05) is 6.10 Å². The summed E-state index contributed by atoms with van der Waals surface area (Å²) in [6.07, 6.45) is 5.51. The molecular weight excluding hydrogens is 216 g/mol. The van der Waals surface area contributed by atoms with Gasteiger partial charge in [0.1, 0.15) is 0 Å². The van der Waals surface area contributed by atoms with Gasteiger partial charge in [0.25, 0.3) is 0 Å². The highest BCUT2D eigenvalue weighted by Gasteiger charge is 2.47. The minimum Gasteiger partial charge on any atom is -0.415 e. The molecule has 4 atom stereocenters. The lowest BCUT2D eigenvalue weighted by Crippen LogP contribution is -2.41. The summed E-state index contributed by atoms with van der Waals surface area (Å²) in [5, 5.41) is 0. The number of rotatable bonds is 4. The summed E-state index contributed by atoms with van der Waals surface area (Å²) in [4.78, 5) is 0. The van der Waals surface area contributed by atoms with Crippen molar-refractivity contribution in [2.75, 3.05) is 0 Å². The molecule has 1 aliphatic carbocycles. The van der Waals surface area contributed by atoms with Crippen LogP contribution in [0.2, 0.25) is 18.6 Å². The molecule has 16 heavy (non-hydrogen) atoms. The van der Waals surface area contributed by atoms with Gasteiger partial charge >= 0.3 is 0 Å². The van der Waals surface area contributed by atoms with Gasteiger partial charge in [0.05, 0.1) is 12.2 Å². The van der Waals surface area contributed by atoms with Crippen molar-refractivity contribution in [1.29, 1.82) is 0 Å². The Bertz CT molecular complexity index is 252. The normalized spacial score (nSPS) is 36.0. The minimum absolute atomic E-state index is 0.373. The molecule has 4 unspecified atom stereocenters. The molecule has 2 nitrogen and oxygen atoms in total. The molecule has 1 saturated heterocycles. The Kier molecular flexibility index (Phi) is 3.48. The molecule has 0 N–H and O–H groups in total. The van der Waals surface area contributed by atoms with E-state index in [2.05, 4.69) is 33.9 Å². The van der Waals surface area contributed by atoms with Crippen molar-refractivity contribution in [2.24, 2.45) is 5.92 Å². The lowest BCUT2D eigenvalue weighted by molar-refractivity contribution is 0.214. The molecule has 2 rings (SSSR count). The van der Waals surface area contributed by atoms with Crippen LogP contribution in [-0.2, 0) is 9.16 Å². The molecule has 0 aromatic heterocycles. The van der Waals surface area contributed by atoms with E-state index in [1.54, 1.807) is 0 Å². The third-order valence-corrected chi connectivity index (χ3v) is 8.13. The summed E-state index contributed by atoms with van der Waals surface area (Å²) in [5.41, 5.74) is 0.750. The molecule has 2 aliphatic rings. The van der Waals surface area contributed by atoms with Crippen molar-refractivity contribution in [3.8, 4) is 0 Å². The van der Waals surface area contributed by atoms with Gasteiger partial charge in [-0.2, -0.15) is 0 Å². The van der Waals surface area contributed by atoms with Crippen LogP contribution in [0.1, 0.15) is 40.0 Å². The topological polar surface area (TPSA) is 21.8 Å². The quantitative estimate of drug-likeness (QED) is 0.555. The van der Waals surface area contributed by atoms with Gasteiger partial charge in [0.2, 0.25) is 0 Å². The van der Waals surface area contributed by atoms with Gasteiger partial charge in [-0.15, -0.1) is 0 Å². The van der Waals surface area contributed by atoms with Crippen LogP contribution in [0.15, 0.2) is 0 Å². The van der Waals surface area contributed by atoms with Crippen molar-refractivity contribution in [3.05, 3.63) is 0 Å². The molecule has 0 spiro atoms. The van der Waals surface area contributed by atoms with Gasteiger partial charge < -0.3 is 9.16 Å². The fourth-order valence-corrected chi connectivity index (χ4v) is 6.04. The highest BCUT2D eigenvalue weighted by atomic mass is 28.4. The third-order valence-electron chi connectivity index (χ3n) is 4.39. The van der Waals surface area contributed by atoms with E-state index in [9.17, 15) is 0 Å². The number of hydrogen-bond donors (Lipinski definition) is 0. The van der Waals surface area contributed by atoms with Crippen LogP contribution in [0.5, 0.6) is 0 Å². The van der Waals surface area contributed by atoms with E-state index in [0.717, 1.165) is 11.5 Å². The lowest BCUT2D eigenvalue weighted by atomic mass is 9.87. The van der Waals surface area contributed by atoms with Crippen molar-refractivity contribution < 1.29 is 9.16 Å². The Labute approximate surface area is 101 Å². The largest absolute Gasteiger partial charge is 0.415 e. The second kappa shape index (κ2) is 4.43. The number of hydrogen-bond acceptors (Lipinski definition) is 2. The standard InChI is InChI=1S/C13H26O2Si/c1-9(2)15-16(4,5)10(3)11-6-7-12-13(8-11)14-12/h9-13H,6-8H2,1-5H3. The maximum Gasteiger partial charge on any atom is 0.190 e. The van der Waals surface area contributed by atoms with Gasteiger partial charge in [0.15, 0.2) is 8.32 Å². The molecule has 1 heterocycles. The molecule has 0 bridgehead atoms. The summed E-state index contributed by atoms with van der Waals surface area (Å²) in [7, 11) is -1.52. The first-order valence-electron chi connectivity index (χ1n) is 6.73. The second-order valence-corrected chi connectivity index (χ2v) is 10.7. The lowest BCUT2D eigenvalue weighted by Gasteiger charge is -2.37. The first-order valence-corrected chi connectivity index (χ1v) is 9.72. The zero-order valence-corrected chi connectivity index (χ0v) is 12.3. The predicted octanol–water partition coefficient (Wildman–Crippen LogP) is 3.57. The molecule has 0 radical (unpaired) electrons. The molecule has 1 aliphatic heterocycles. The molecule has 2 fully saturated rings. The molecule has 0 amide bonds. The SMILES string of the molecule is CC(C)O[Si](C)(C)C(C)C1CCC2OC2C1. The van der Waals surface area contributed by atoms with Crippen molar-refractivity contribution in [3.63, 3.8) is 0 Å². The number of epoxide rings is 1. The first-order chi connectivity index (χ1) is 7.40. The molecule has 3 heteroatoms. The summed E-state index contributed by atoms with van der Waals surface area (Å²) >= 11 is 0. The van der Waals surface area contributed by atoms with Crippen molar-refractivity contribution >= 4 is 8.32 Å². The smallest absolute Gasteiger partial charge is 0.190 e. The van der Waals surface area contributed by atoms with E-state index >= 15 is 0 Å². The summed E-state index contributed by atoms with van der Waals surface area (Å²) < 4.78 is 11.8. The predicted molar refractivity (Wildman–Crippen MR) is 69.1 cm³/mol. The Morgan fingerprint density at radius 1 is 1.12 bits per heavy atom. The maximum atomic E-state index is 6.20. The average Bonchev–Trinajstić information content (AvgIpc) is 2.91. The van der Waals surface area contributed by atoms with Gasteiger partial charge in [-0.3, -0.25) is 0 Å². The van der Waals surface area contributed by atoms with Crippen LogP contribution in [0, 0.1) is 5.92 Å². The summed E-state index contributed by atoms with van der Waals surface area (Å²) in [6, 6.07) is 0. The second-order valence-electron chi connectivity index (χ2n) is 6.34. The van der Waals surface area contributed by atoms with Crippen LogP contribution >= 0.6 is 0 Å². The maximum absolute atomic E-state index is 6.20. The van der Waals surface area contributed by atoms with Gasteiger partial charge in [-0.25, -0.2) is 0 Å². The van der Waals surface area contributed by atoms with Crippen LogP contribution in [0.4, 0.5) is 0 Å². The molecule has 0 aromatic carbocycles. The fraction of sp³-hybridized carbons (Fsp3) is 1.00. The van der Waals surface area contributed by atoms with E-state index in [1.165, 1.54) is 19.3 Å². The van der Waals surface area contributed by atoms with E-state index in [-0.39, 0.29) is 0 Å². The monoisotopic (exact) mass is 242 g/mol. The summed E-state index contributed by atoms with van der Waals surface area (Å²) in [6.45, 7) is 11.5. The van der Waals surface area contributed by atoms with E-state index < -0.39 is 8.32 Å².